The molecule has 5 atom stereocenters. The maximum atomic E-state index is 10.9. The van der Waals surface area contributed by atoms with Crippen molar-refractivity contribution in [3.8, 4) is 0 Å². The molecule has 112 valence electrons. The van der Waals surface area contributed by atoms with E-state index in [0.29, 0.717) is 12.0 Å². The van der Waals surface area contributed by atoms with Gasteiger partial charge in [-0.2, -0.15) is 0 Å². The second kappa shape index (κ2) is 5.60. The summed E-state index contributed by atoms with van der Waals surface area (Å²) in [6.45, 7) is 4.33. The fourth-order valence-electron chi connectivity index (χ4n) is 3.92. The fourth-order valence-corrected chi connectivity index (χ4v) is 3.92. The van der Waals surface area contributed by atoms with Crippen LogP contribution in [0.4, 0.5) is 5.69 Å². The van der Waals surface area contributed by atoms with Crippen LogP contribution in [0.1, 0.15) is 38.3 Å². The van der Waals surface area contributed by atoms with Gasteiger partial charge in [0.05, 0.1) is 4.92 Å². The molecule has 2 aliphatic rings. The van der Waals surface area contributed by atoms with Gasteiger partial charge >= 0.3 is 0 Å². The first-order valence-electron chi connectivity index (χ1n) is 7.73. The van der Waals surface area contributed by atoms with Crippen molar-refractivity contribution in [3.05, 3.63) is 52.1 Å². The molecule has 1 aromatic rings. The van der Waals surface area contributed by atoms with Crippen LogP contribution in [-0.2, 0) is 0 Å². The second-order valence-corrected chi connectivity index (χ2v) is 6.47. The Morgan fingerprint density at radius 1 is 1.29 bits per heavy atom. The summed E-state index contributed by atoms with van der Waals surface area (Å²) in [4.78, 5) is 10.5. The number of nitrogens with one attached hydrogen (secondary N) is 1. The van der Waals surface area contributed by atoms with E-state index in [2.05, 4.69) is 31.3 Å². The summed E-state index contributed by atoms with van der Waals surface area (Å²) in [6, 6.07) is 7.49. The molecular weight excluding hydrogens is 264 g/mol. The molecule has 1 aromatic carbocycles. The van der Waals surface area contributed by atoms with Gasteiger partial charge in [-0.3, -0.25) is 10.1 Å². The van der Waals surface area contributed by atoms with Crippen LogP contribution in [0.25, 0.3) is 0 Å². The van der Waals surface area contributed by atoms with Crippen LogP contribution in [0.3, 0.4) is 0 Å². The Kier molecular flexibility index (Phi) is 3.81. The van der Waals surface area contributed by atoms with Crippen LogP contribution in [0.15, 0.2) is 36.4 Å². The fraction of sp³-hybridized carbons (Fsp3) is 0.529. The van der Waals surface area contributed by atoms with Crippen molar-refractivity contribution in [2.24, 2.45) is 17.8 Å². The summed E-state index contributed by atoms with van der Waals surface area (Å²) in [6.07, 6.45) is 7.31. The summed E-state index contributed by atoms with van der Waals surface area (Å²) in [5, 5.41) is 14.5. The number of benzene rings is 1. The molecule has 1 saturated carbocycles. The van der Waals surface area contributed by atoms with Crippen molar-refractivity contribution >= 4 is 5.69 Å². The number of nitrogens with zero attached hydrogens (tertiary/aromatic N) is 1. The van der Waals surface area contributed by atoms with E-state index in [9.17, 15) is 10.1 Å². The zero-order chi connectivity index (χ0) is 15.0. The highest BCUT2D eigenvalue weighted by Crippen LogP contribution is 2.45. The lowest BCUT2D eigenvalue weighted by Gasteiger charge is -2.29. The normalized spacial score (nSPS) is 29.5. The van der Waals surface area contributed by atoms with Crippen molar-refractivity contribution in [2.45, 2.75) is 38.8 Å². The molecule has 5 unspecified atom stereocenters. The van der Waals surface area contributed by atoms with Gasteiger partial charge in [0.15, 0.2) is 0 Å². The quantitative estimate of drug-likeness (QED) is 0.508. The molecule has 1 N–H and O–H groups in total. The summed E-state index contributed by atoms with van der Waals surface area (Å²) in [7, 11) is 0. The molecule has 0 radical (unpaired) electrons. The Hall–Kier alpha value is -1.68. The number of rotatable bonds is 5. The standard InChI is InChI=1S/C17H22N2O2/c1-11(14-4-3-5-16(10-14)19(20)21)18-12(2)17-9-13-6-7-15(17)8-13/h3-7,10-13,15,17-18H,8-9H2,1-2H3. The van der Waals surface area contributed by atoms with E-state index in [4.69, 9.17) is 0 Å². The van der Waals surface area contributed by atoms with E-state index >= 15 is 0 Å². The minimum absolute atomic E-state index is 0.128. The number of allylic oxidation sites excluding steroid dienone is 2. The number of non-ortho nitro benzene ring substituents is 1. The lowest BCUT2D eigenvalue weighted by atomic mass is 9.87. The zero-order valence-electron chi connectivity index (χ0n) is 12.5. The van der Waals surface area contributed by atoms with Crippen LogP contribution in [0.5, 0.6) is 0 Å². The summed E-state index contributed by atoms with van der Waals surface area (Å²) >= 11 is 0. The van der Waals surface area contributed by atoms with Gasteiger partial charge in [-0.15, -0.1) is 0 Å². The predicted octanol–water partition coefficient (Wildman–Crippen LogP) is 3.85. The summed E-state index contributed by atoms with van der Waals surface area (Å²) in [5.74, 6) is 2.19. The summed E-state index contributed by atoms with van der Waals surface area (Å²) in [5.41, 5.74) is 1.14. The third-order valence-corrected chi connectivity index (χ3v) is 5.07. The van der Waals surface area contributed by atoms with Gasteiger partial charge in [-0.1, -0.05) is 24.3 Å². The van der Waals surface area contributed by atoms with Crippen molar-refractivity contribution < 1.29 is 4.92 Å². The molecule has 0 saturated heterocycles. The number of fused-ring (bicyclic) bond motifs is 2. The number of nitro benzene ring substituents is 1. The van der Waals surface area contributed by atoms with Crippen LogP contribution in [0.2, 0.25) is 0 Å². The van der Waals surface area contributed by atoms with E-state index in [1.807, 2.05) is 6.07 Å². The highest BCUT2D eigenvalue weighted by atomic mass is 16.6. The lowest BCUT2D eigenvalue weighted by molar-refractivity contribution is -0.384. The first-order chi connectivity index (χ1) is 10.0. The second-order valence-electron chi connectivity index (χ2n) is 6.47. The molecule has 4 heteroatoms. The smallest absolute Gasteiger partial charge is 0.269 e. The molecule has 3 rings (SSSR count). The van der Waals surface area contributed by atoms with Gasteiger partial charge in [0.2, 0.25) is 0 Å². The first kappa shape index (κ1) is 14.3. The van der Waals surface area contributed by atoms with Crippen LogP contribution < -0.4 is 5.32 Å². The highest BCUT2D eigenvalue weighted by molar-refractivity contribution is 5.35. The van der Waals surface area contributed by atoms with Crippen LogP contribution >= 0.6 is 0 Å². The van der Waals surface area contributed by atoms with Gasteiger partial charge in [0, 0.05) is 24.2 Å². The number of hydrogen-bond acceptors (Lipinski definition) is 3. The topological polar surface area (TPSA) is 55.2 Å². The van der Waals surface area contributed by atoms with Crippen molar-refractivity contribution in [1.29, 1.82) is 0 Å². The molecule has 0 aliphatic heterocycles. The average molecular weight is 286 g/mol. The minimum atomic E-state index is -0.333. The molecule has 0 spiro atoms. The SMILES string of the molecule is CC(NC(C)C1CC2C=CC1C2)c1cccc([N+](=O)[O-])c1. The van der Waals surface area contributed by atoms with Crippen molar-refractivity contribution in [3.63, 3.8) is 0 Å². The molecule has 0 aromatic heterocycles. The van der Waals surface area contributed by atoms with E-state index < -0.39 is 0 Å². The molecule has 0 heterocycles. The van der Waals surface area contributed by atoms with Gasteiger partial charge in [-0.25, -0.2) is 0 Å². The number of hydrogen-bond donors (Lipinski definition) is 1. The molecule has 2 bridgehead atoms. The average Bonchev–Trinajstić information content (AvgIpc) is 3.10. The Morgan fingerprint density at radius 2 is 2.10 bits per heavy atom. The Labute approximate surface area is 125 Å². The lowest BCUT2D eigenvalue weighted by Crippen LogP contribution is -2.37. The zero-order valence-corrected chi connectivity index (χ0v) is 12.5. The minimum Gasteiger partial charge on any atom is -0.307 e. The van der Waals surface area contributed by atoms with Crippen LogP contribution in [0, 0.1) is 27.9 Å². The largest absolute Gasteiger partial charge is 0.307 e. The number of nitro groups is 1. The Balaban J connectivity index is 1.66. The molecule has 21 heavy (non-hydrogen) atoms. The van der Waals surface area contributed by atoms with Crippen molar-refractivity contribution in [1.82, 2.24) is 5.32 Å². The Bertz CT molecular complexity index is 570. The Morgan fingerprint density at radius 3 is 2.71 bits per heavy atom. The molecular formula is C17H22N2O2. The monoisotopic (exact) mass is 286 g/mol. The maximum Gasteiger partial charge on any atom is 0.269 e. The third-order valence-electron chi connectivity index (χ3n) is 5.07. The highest BCUT2D eigenvalue weighted by Gasteiger charge is 2.38. The van der Waals surface area contributed by atoms with E-state index in [1.54, 1.807) is 18.2 Å². The molecule has 1 fully saturated rings. The van der Waals surface area contributed by atoms with Gasteiger partial charge in [0.25, 0.3) is 5.69 Å². The van der Waals surface area contributed by atoms with Crippen molar-refractivity contribution in [2.75, 3.05) is 0 Å². The van der Waals surface area contributed by atoms with Gasteiger partial charge < -0.3 is 5.32 Å². The molecule has 0 amide bonds. The molecule has 2 aliphatic carbocycles. The first-order valence-corrected chi connectivity index (χ1v) is 7.73. The molecule has 4 nitrogen and oxygen atoms in total. The predicted molar refractivity (Wildman–Crippen MR) is 83.0 cm³/mol. The maximum absolute atomic E-state index is 10.9. The van der Waals surface area contributed by atoms with Crippen LogP contribution in [-0.4, -0.2) is 11.0 Å². The van der Waals surface area contributed by atoms with E-state index in [1.165, 1.54) is 12.8 Å². The van der Waals surface area contributed by atoms with Gasteiger partial charge in [0.1, 0.15) is 0 Å². The summed E-state index contributed by atoms with van der Waals surface area (Å²) < 4.78 is 0. The van der Waals surface area contributed by atoms with E-state index in [-0.39, 0.29) is 16.7 Å². The van der Waals surface area contributed by atoms with Gasteiger partial charge in [-0.05, 0) is 50.0 Å². The third kappa shape index (κ3) is 2.86. The van der Waals surface area contributed by atoms with E-state index in [0.717, 1.165) is 17.4 Å².